The lowest BCUT2D eigenvalue weighted by Gasteiger charge is -2.26. The summed E-state index contributed by atoms with van der Waals surface area (Å²) in [4.78, 5) is 31.5. The minimum Gasteiger partial charge on any atom is -0.326 e. The molecular formula is C22H25FN3O4P. The number of hydrogen-bond acceptors (Lipinski definition) is 3. The summed E-state index contributed by atoms with van der Waals surface area (Å²) in [6.45, 7) is 2.96. The second kappa shape index (κ2) is 8.75. The molecule has 0 aliphatic heterocycles. The predicted octanol–water partition coefficient (Wildman–Crippen LogP) is 4.21. The molecule has 7 nitrogen and oxygen atoms in total. The number of carbonyl (C=O) groups excluding carboxylic acids is 1. The maximum Gasteiger partial charge on any atom is 0.335 e. The van der Waals surface area contributed by atoms with Crippen molar-refractivity contribution in [2.75, 3.05) is 5.32 Å². The van der Waals surface area contributed by atoms with Crippen LogP contribution in [0.15, 0.2) is 54.7 Å². The van der Waals surface area contributed by atoms with Crippen LogP contribution in [-0.2, 0) is 28.0 Å². The van der Waals surface area contributed by atoms with Gasteiger partial charge in [-0.15, -0.1) is 0 Å². The molecular weight excluding hydrogens is 420 g/mol. The van der Waals surface area contributed by atoms with E-state index in [1.807, 2.05) is 0 Å². The first-order valence-corrected chi connectivity index (χ1v) is 11.3. The first kappa shape index (κ1) is 22.9. The van der Waals surface area contributed by atoms with E-state index in [1.54, 1.807) is 54.3 Å². The molecule has 0 saturated carbocycles. The second-order valence-electron chi connectivity index (χ2n) is 7.88. The average Bonchev–Trinajstić information content (AvgIpc) is 3.07. The molecule has 0 unspecified atom stereocenters. The Labute approximate surface area is 180 Å². The number of carbonyl (C=O) groups is 1. The number of nitrogens with one attached hydrogen (secondary N) is 1. The Bertz CT molecular complexity index is 1120. The van der Waals surface area contributed by atoms with Gasteiger partial charge in [-0.1, -0.05) is 12.1 Å². The van der Waals surface area contributed by atoms with Crippen LogP contribution >= 0.6 is 7.60 Å². The summed E-state index contributed by atoms with van der Waals surface area (Å²) in [5.41, 5.74) is 3.55. The standard InChI is InChI=1S/C22H25FN3O4P/c1-22(2,31(28,29)30)17-7-11-19(12-8-17)25-20(27)13-6-16-14-24-26(3)21(16)15-4-9-18(23)10-5-15/h4-5,7-12,14H,6,13H2,1-3H3,(H,25,27)(H2,28,29,30). The molecule has 3 rings (SSSR count). The summed E-state index contributed by atoms with van der Waals surface area (Å²) in [7, 11) is -2.53. The topological polar surface area (TPSA) is 104 Å². The highest BCUT2D eigenvalue weighted by atomic mass is 31.2. The zero-order valence-electron chi connectivity index (χ0n) is 17.5. The lowest BCUT2D eigenvalue weighted by Crippen LogP contribution is -2.17. The summed E-state index contributed by atoms with van der Waals surface area (Å²) in [6, 6.07) is 12.6. The highest BCUT2D eigenvalue weighted by Gasteiger charge is 2.39. The van der Waals surface area contributed by atoms with Crippen molar-refractivity contribution >= 4 is 19.2 Å². The fourth-order valence-corrected chi connectivity index (χ4v) is 3.73. The number of hydrogen-bond donors (Lipinski definition) is 3. The molecule has 2 aromatic carbocycles. The van der Waals surface area contributed by atoms with Crippen LogP contribution in [-0.4, -0.2) is 25.5 Å². The fourth-order valence-electron chi connectivity index (χ4n) is 3.25. The van der Waals surface area contributed by atoms with Gasteiger partial charge < -0.3 is 15.1 Å². The molecule has 0 bridgehead atoms. The number of aromatic nitrogens is 2. The third-order valence-electron chi connectivity index (χ3n) is 5.36. The van der Waals surface area contributed by atoms with Crippen LogP contribution < -0.4 is 5.32 Å². The van der Waals surface area contributed by atoms with E-state index in [0.717, 1.165) is 16.8 Å². The van der Waals surface area contributed by atoms with Gasteiger partial charge in [0.25, 0.3) is 0 Å². The molecule has 0 aliphatic carbocycles. The zero-order valence-corrected chi connectivity index (χ0v) is 18.4. The first-order valence-electron chi connectivity index (χ1n) is 9.72. The van der Waals surface area contributed by atoms with Gasteiger partial charge in [-0.3, -0.25) is 14.0 Å². The van der Waals surface area contributed by atoms with E-state index >= 15 is 0 Å². The predicted molar refractivity (Wildman–Crippen MR) is 117 cm³/mol. The highest BCUT2D eigenvalue weighted by molar-refractivity contribution is 7.53. The molecule has 31 heavy (non-hydrogen) atoms. The Hall–Kier alpha value is -2.80. The maximum absolute atomic E-state index is 13.2. The first-order chi connectivity index (χ1) is 14.5. The highest BCUT2D eigenvalue weighted by Crippen LogP contribution is 2.56. The normalized spacial score (nSPS) is 12.1. The summed E-state index contributed by atoms with van der Waals surface area (Å²) in [5, 5.41) is 5.74. The fraction of sp³-hybridized carbons (Fsp3) is 0.273. The van der Waals surface area contributed by atoms with Gasteiger partial charge in [-0.2, -0.15) is 5.10 Å². The smallest absolute Gasteiger partial charge is 0.326 e. The monoisotopic (exact) mass is 445 g/mol. The molecule has 0 saturated heterocycles. The van der Waals surface area contributed by atoms with Gasteiger partial charge in [0.2, 0.25) is 5.91 Å². The van der Waals surface area contributed by atoms with Gasteiger partial charge in [0.15, 0.2) is 0 Å². The van der Waals surface area contributed by atoms with Crippen LogP contribution in [0.3, 0.4) is 0 Å². The van der Waals surface area contributed by atoms with Crippen molar-refractivity contribution in [2.24, 2.45) is 7.05 Å². The molecule has 0 fully saturated rings. The quantitative estimate of drug-likeness (QED) is 0.473. The molecule has 164 valence electrons. The Kier molecular flexibility index (Phi) is 6.46. The maximum atomic E-state index is 13.2. The zero-order chi connectivity index (χ0) is 22.8. The molecule has 0 atom stereocenters. The van der Waals surface area contributed by atoms with Crippen molar-refractivity contribution in [1.82, 2.24) is 9.78 Å². The Morgan fingerprint density at radius 2 is 1.74 bits per heavy atom. The Morgan fingerprint density at radius 1 is 1.13 bits per heavy atom. The van der Waals surface area contributed by atoms with Crippen LogP contribution in [0.2, 0.25) is 0 Å². The van der Waals surface area contributed by atoms with E-state index in [4.69, 9.17) is 0 Å². The van der Waals surface area contributed by atoms with Crippen molar-refractivity contribution in [3.63, 3.8) is 0 Å². The summed E-state index contributed by atoms with van der Waals surface area (Å²) in [6.07, 6.45) is 2.37. The van der Waals surface area contributed by atoms with Crippen LogP contribution in [0.25, 0.3) is 11.3 Å². The number of halogens is 1. The molecule has 3 aromatic rings. The molecule has 3 N–H and O–H groups in total. The summed E-state index contributed by atoms with van der Waals surface area (Å²) >= 11 is 0. The molecule has 0 spiro atoms. The van der Waals surface area contributed by atoms with E-state index in [0.29, 0.717) is 17.7 Å². The molecule has 0 radical (unpaired) electrons. The van der Waals surface area contributed by atoms with Gasteiger partial charge in [-0.05, 0) is 67.8 Å². The minimum atomic E-state index is -4.33. The third kappa shape index (κ3) is 5.10. The number of nitrogens with zero attached hydrogens (tertiary/aromatic N) is 2. The molecule has 0 aliphatic rings. The molecule has 9 heteroatoms. The van der Waals surface area contributed by atoms with Crippen molar-refractivity contribution in [3.8, 4) is 11.3 Å². The Morgan fingerprint density at radius 3 is 2.32 bits per heavy atom. The lowest BCUT2D eigenvalue weighted by atomic mass is 10.0. The van der Waals surface area contributed by atoms with Gasteiger partial charge in [0, 0.05) is 24.7 Å². The van der Waals surface area contributed by atoms with E-state index in [2.05, 4.69) is 10.4 Å². The number of rotatable bonds is 7. The van der Waals surface area contributed by atoms with Gasteiger partial charge in [0.1, 0.15) is 5.82 Å². The number of anilines is 1. The van der Waals surface area contributed by atoms with Crippen molar-refractivity contribution in [1.29, 1.82) is 0 Å². The number of benzene rings is 2. The van der Waals surface area contributed by atoms with Crippen LogP contribution in [0.1, 0.15) is 31.4 Å². The number of aryl methyl sites for hydroxylation is 2. The van der Waals surface area contributed by atoms with E-state index in [9.17, 15) is 23.5 Å². The Balaban J connectivity index is 1.65. The van der Waals surface area contributed by atoms with Crippen molar-refractivity contribution in [2.45, 2.75) is 31.8 Å². The lowest BCUT2D eigenvalue weighted by molar-refractivity contribution is -0.116. The average molecular weight is 445 g/mol. The van der Waals surface area contributed by atoms with Crippen LogP contribution in [0.5, 0.6) is 0 Å². The minimum absolute atomic E-state index is 0.198. The van der Waals surface area contributed by atoms with E-state index in [-0.39, 0.29) is 18.1 Å². The van der Waals surface area contributed by atoms with E-state index < -0.39 is 12.8 Å². The van der Waals surface area contributed by atoms with Crippen molar-refractivity contribution in [3.05, 3.63) is 71.7 Å². The second-order valence-corrected chi connectivity index (χ2v) is 10.1. The van der Waals surface area contributed by atoms with E-state index in [1.165, 1.54) is 26.0 Å². The van der Waals surface area contributed by atoms with Gasteiger partial charge in [0.05, 0.1) is 17.0 Å². The molecule has 1 amide bonds. The van der Waals surface area contributed by atoms with Crippen LogP contribution in [0, 0.1) is 5.82 Å². The molecule has 1 aromatic heterocycles. The van der Waals surface area contributed by atoms with Gasteiger partial charge >= 0.3 is 7.60 Å². The molecule has 1 heterocycles. The number of amides is 1. The van der Waals surface area contributed by atoms with Crippen LogP contribution in [0.4, 0.5) is 10.1 Å². The van der Waals surface area contributed by atoms with Crippen molar-refractivity contribution < 1.29 is 23.5 Å². The largest absolute Gasteiger partial charge is 0.335 e. The van der Waals surface area contributed by atoms with Gasteiger partial charge in [-0.25, -0.2) is 4.39 Å². The summed E-state index contributed by atoms with van der Waals surface area (Å²) < 4.78 is 26.6. The summed E-state index contributed by atoms with van der Waals surface area (Å²) in [5.74, 6) is -0.516. The third-order valence-corrected chi connectivity index (χ3v) is 7.07. The SMILES string of the molecule is Cn1ncc(CCC(=O)Nc2ccc(C(C)(C)P(=O)(O)O)cc2)c1-c1ccc(F)cc1.